The van der Waals surface area contributed by atoms with Crippen LogP contribution in [-0.4, -0.2) is 6.04 Å². The van der Waals surface area contributed by atoms with E-state index in [9.17, 15) is 0 Å². The van der Waals surface area contributed by atoms with Gasteiger partial charge in [-0.3, -0.25) is 0 Å². The summed E-state index contributed by atoms with van der Waals surface area (Å²) in [5, 5.41) is 3.53. The highest BCUT2D eigenvalue weighted by Gasteiger charge is 2.35. The monoisotopic (exact) mass is 229 g/mol. The average Bonchev–Trinajstić information content (AvgIpc) is 2.77. The Kier molecular flexibility index (Phi) is 4.68. The molecule has 0 amide bonds. The third-order valence-corrected chi connectivity index (χ3v) is 2.92. The number of hydrogen-bond donors (Lipinski definition) is 1. The first-order valence-electron chi connectivity index (χ1n) is 5.58. The molecule has 1 N–H and O–H groups in total. The van der Waals surface area contributed by atoms with Crippen LogP contribution in [0, 0.1) is 12.8 Å². The fraction of sp³-hybridized carbons (Fsp3) is 0.667. The van der Waals surface area contributed by atoms with Crippen LogP contribution in [0.1, 0.15) is 37.7 Å². The lowest BCUT2D eigenvalue weighted by Gasteiger charge is -2.00. The minimum absolute atomic E-state index is 0. The summed E-state index contributed by atoms with van der Waals surface area (Å²) in [5.74, 6) is 2.99. The van der Waals surface area contributed by atoms with E-state index in [0.717, 1.165) is 30.0 Å². The Morgan fingerprint density at radius 1 is 1.47 bits per heavy atom. The van der Waals surface area contributed by atoms with E-state index < -0.39 is 0 Å². The summed E-state index contributed by atoms with van der Waals surface area (Å²) in [7, 11) is 0. The first kappa shape index (κ1) is 12.6. The summed E-state index contributed by atoms with van der Waals surface area (Å²) >= 11 is 0. The molecule has 1 fully saturated rings. The largest absolute Gasteiger partial charge is 0.465 e. The molecule has 1 saturated carbocycles. The van der Waals surface area contributed by atoms with Gasteiger partial charge in [0.1, 0.15) is 11.5 Å². The number of furan rings is 1. The summed E-state index contributed by atoms with van der Waals surface area (Å²) < 4.78 is 5.49. The molecular formula is C12H20ClNO. The molecule has 1 aromatic rings. The van der Waals surface area contributed by atoms with Crippen LogP contribution in [0.4, 0.5) is 0 Å². The molecule has 2 atom stereocenters. The summed E-state index contributed by atoms with van der Waals surface area (Å²) in [6.45, 7) is 5.13. The zero-order valence-corrected chi connectivity index (χ0v) is 10.3. The van der Waals surface area contributed by atoms with Crippen molar-refractivity contribution < 1.29 is 4.42 Å². The number of halogens is 1. The van der Waals surface area contributed by atoms with Gasteiger partial charge in [0.05, 0.1) is 6.54 Å². The molecular weight excluding hydrogens is 210 g/mol. The molecule has 0 saturated heterocycles. The average molecular weight is 230 g/mol. The fourth-order valence-corrected chi connectivity index (χ4v) is 2.00. The Labute approximate surface area is 97.8 Å². The van der Waals surface area contributed by atoms with Crippen molar-refractivity contribution in [1.29, 1.82) is 0 Å². The van der Waals surface area contributed by atoms with Crippen molar-refractivity contribution in [3.63, 3.8) is 0 Å². The van der Waals surface area contributed by atoms with E-state index in [4.69, 9.17) is 4.42 Å². The molecule has 1 heterocycles. The quantitative estimate of drug-likeness (QED) is 0.838. The van der Waals surface area contributed by atoms with E-state index in [-0.39, 0.29) is 12.4 Å². The van der Waals surface area contributed by atoms with Gasteiger partial charge in [-0.1, -0.05) is 13.3 Å². The number of aryl methyl sites for hydroxylation is 1. The lowest BCUT2D eigenvalue weighted by molar-refractivity contribution is 0.455. The van der Waals surface area contributed by atoms with Crippen molar-refractivity contribution in [2.45, 2.75) is 45.7 Å². The Balaban J connectivity index is 0.00000112. The van der Waals surface area contributed by atoms with Crippen molar-refractivity contribution in [2.24, 2.45) is 5.92 Å². The molecule has 2 nitrogen and oxygen atoms in total. The Hall–Kier alpha value is -0.470. The Morgan fingerprint density at radius 3 is 2.87 bits per heavy atom. The predicted molar refractivity (Wildman–Crippen MR) is 64.3 cm³/mol. The second-order valence-corrected chi connectivity index (χ2v) is 4.28. The van der Waals surface area contributed by atoms with E-state index in [0.29, 0.717) is 0 Å². The molecule has 86 valence electrons. The number of hydrogen-bond acceptors (Lipinski definition) is 2. The van der Waals surface area contributed by atoms with Crippen molar-refractivity contribution in [3.8, 4) is 0 Å². The predicted octanol–water partition coefficient (Wildman–Crippen LogP) is 3.29. The van der Waals surface area contributed by atoms with Gasteiger partial charge < -0.3 is 9.73 Å². The van der Waals surface area contributed by atoms with Gasteiger partial charge in [-0.15, -0.1) is 12.4 Å². The van der Waals surface area contributed by atoms with Gasteiger partial charge in [0, 0.05) is 6.04 Å². The number of nitrogens with one attached hydrogen (secondary N) is 1. The zero-order valence-electron chi connectivity index (χ0n) is 9.45. The Morgan fingerprint density at radius 2 is 2.27 bits per heavy atom. The van der Waals surface area contributed by atoms with Crippen molar-refractivity contribution in [1.82, 2.24) is 5.32 Å². The fourth-order valence-electron chi connectivity index (χ4n) is 2.00. The molecule has 0 bridgehead atoms. The van der Waals surface area contributed by atoms with E-state index in [1.54, 1.807) is 0 Å². The standard InChI is InChI=1S/C12H19NO.ClH/c1-3-4-10-7-12(10)13-8-11-6-5-9(2)14-11;/h5-6,10,12-13H,3-4,7-8H2,1-2H3;1H. The van der Waals surface area contributed by atoms with Crippen molar-refractivity contribution in [2.75, 3.05) is 0 Å². The molecule has 3 heteroatoms. The highest BCUT2D eigenvalue weighted by Crippen LogP contribution is 2.34. The van der Waals surface area contributed by atoms with E-state index in [2.05, 4.69) is 18.3 Å². The maximum absolute atomic E-state index is 5.49. The summed E-state index contributed by atoms with van der Waals surface area (Å²) in [4.78, 5) is 0. The van der Waals surface area contributed by atoms with Gasteiger partial charge in [-0.05, 0) is 37.8 Å². The van der Waals surface area contributed by atoms with Crippen LogP contribution in [0.3, 0.4) is 0 Å². The molecule has 0 spiro atoms. The van der Waals surface area contributed by atoms with E-state index in [1.807, 2.05) is 13.0 Å². The highest BCUT2D eigenvalue weighted by molar-refractivity contribution is 5.85. The van der Waals surface area contributed by atoms with Gasteiger partial charge in [0.25, 0.3) is 0 Å². The van der Waals surface area contributed by atoms with Gasteiger partial charge in [-0.2, -0.15) is 0 Å². The highest BCUT2D eigenvalue weighted by atomic mass is 35.5. The van der Waals surface area contributed by atoms with Crippen LogP contribution in [0.5, 0.6) is 0 Å². The van der Waals surface area contributed by atoms with Crippen molar-refractivity contribution in [3.05, 3.63) is 23.7 Å². The number of rotatable bonds is 5. The Bertz CT molecular complexity index is 298. The molecule has 2 unspecified atom stereocenters. The lowest BCUT2D eigenvalue weighted by atomic mass is 10.2. The van der Waals surface area contributed by atoms with Gasteiger partial charge in [0.2, 0.25) is 0 Å². The molecule has 15 heavy (non-hydrogen) atoms. The smallest absolute Gasteiger partial charge is 0.117 e. The third-order valence-electron chi connectivity index (χ3n) is 2.92. The summed E-state index contributed by atoms with van der Waals surface area (Å²) in [6, 6.07) is 4.83. The topological polar surface area (TPSA) is 25.2 Å². The molecule has 0 aromatic carbocycles. The normalized spacial score (nSPS) is 23.6. The molecule has 0 aliphatic heterocycles. The summed E-state index contributed by atoms with van der Waals surface area (Å²) in [5.41, 5.74) is 0. The maximum Gasteiger partial charge on any atom is 0.117 e. The van der Waals surface area contributed by atoms with Crippen LogP contribution in [0.25, 0.3) is 0 Å². The zero-order chi connectivity index (χ0) is 9.97. The van der Waals surface area contributed by atoms with Crippen LogP contribution >= 0.6 is 12.4 Å². The maximum atomic E-state index is 5.49. The van der Waals surface area contributed by atoms with Crippen LogP contribution in [-0.2, 0) is 6.54 Å². The van der Waals surface area contributed by atoms with Gasteiger partial charge in [-0.25, -0.2) is 0 Å². The van der Waals surface area contributed by atoms with Crippen LogP contribution < -0.4 is 5.32 Å². The summed E-state index contributed by atoms with van der Waals surface area (Å²) in [6.07, 6.45) is 4.03. The molecule has 1 aliphatic carbocycles. The SMILES string of the molecule is CCCC1CC1NCc1ccc(C)o1.Cl. The second kappa shape index (κ2) is 5.57. The van der Waals surface area contributed by atoms with E-state index in [1.165, 1.54) is 19.3 Å². The molecule has 2 rings (SSSR count). The molecule has 1 aromatic heterocycles. The first-order valence-corrected chi connectivity index (χ1v) is 5.58. The second-order valence-electron chi connectivity index (χ2n) is 4.28. The van der Waals surface area contributed by atoms with Crippen LogP contribution in [0.2, 0.25) is 0 Å². The third kappa shape index (κ3) is 3.54. The first-order chi connectivity index (χ1) is 6.79. The molecule has 0 radical (unpaired) electrons. The lowest BCUT2D eigenvalue weighted by Crippen LogP contribution is -2.17. The van der Waals surface area contributed by atoms with Gasteiger partial charge in [0.15, 0.2) is 0 Å². The minimum atomic E-state index is 0. The molecule has 1 aliphatic rings. The van der Waals surface area contributed by atoms with Gasteiger partial charge >= 0.3 is 0 Å². The minimum Gasteiger partial charge on any atom is -0.465 e. The van der Waals surface area contributed by atoms with E-state index >= 15 is 0 Å². The van der Waals surface area contributed by atoms with Crippen LogP contribution in [0.15, 0.2) is 16.5 Å². The van der Waals surface area contributed by atoms with Crippen molar-refractivity contribution >= 4 is 12.4 Å².